The van der Waals surface area contributed by atoms with Crippen LogP contribution in [0.3, 0.4) is 0 Å². The predicted octanol–water partition coefficient (Wildman–Crippen LogP) is 9.75. The molecule has 1 aromatic carbocycles. The van der Waals surface area contributed by atoms with Gasteiger partial charge in [-0.3, -0.25) is 4.79 Å². The lowest BCUT2D eigenvalue weighted by molar-refractivity contribution is -0.232. The summed E-state index contributed by atoms with van der Waals surface area (Å²) in [5.74, 6) is 0.807. The maximum Gasteiger partial charge on any atom is 0.534 e. The van der Waals surface area contributed by atoms with Gasteiger partial charge in [0.2, 0.25) is 0 Å². The highest BCUT2D eigenvalue weighted by atomic mass is 32.2. The third kappa shape index (κ3) is 4.97. The van der Waals surface area contributed by atoms with E-state index in [4.69, 9.17) is 8.92 Å². The molecule has 6 rings (SSSR count). The SMILES string of the molecule is C=C(C)[C@@H]1CC[C@]2(C(=O)OCc3ccccc3)CC[C@]3(C)[C@H](CC[C@@H]4[C@@]5(C)CC=C(OS(=O)(=O)C(F)(F)F)C(C)(C)C5CC[C@]43C)[C@@H]12. The largest absolute Gasteiger partial charge is 0.534 e. The predicted molar refractivity (Wildman–Crippen MR) is 175 cm³/mol. The first kappa shape index (κ1) is 34.6. The zero-order chi connectivity index (χ0) is 34.4. The van der Waals surface area contributed by atoms with Crippen LogP contribution >= 0.6 is 0 Å². The average Bonchev–Trinajstić information content (AvgIpc) is 3.39. The minimum Gasteiger partial charge on any atom is -0.460 e. The Morgan fingerprint density at radius 2 is 1.60 bits per heavy atom. The molecular weight excluding hydrogens is 625 g/mol. The summed E-state index contributed by atoms with van der Waals surface area (Å²) in [6, 6.07) is 9.84. The Kier molecular flexibility index (Phi) is 8.17. The quantitative estimate of drug-likeness (QED) is 0.130. The molecular formula is C38H51F3O5S. The van der Waals surface area contributed by atoms with E-state index >= 15 is 0 Å². The van der Waals surface area contributed by atoms with E-state index in [9.17, 15) is 26.4 Å². The van der Waals surface area contributed by atoms with Gasteiger partial charge < -0.3 is 8.92 Å². The van der Waals surface area contributed by atoms with Crippen molar-refractivity contribution >= 4 is 16.1 Å². The van der Waals surface area contributed by atoms with E-state index in [2.05, 4.69) is 34.3 Å². The van der Waals surface area contributed by atoms with Gasteiger partial charge in [0.05, 0.1) is 5.41 Å². The molecule has 1 unspecified atom stereocenters. The summed E-state index contributed by atoms with van der Waals surface area (Å²) >= 11 is 0. The van der Waals surface area contributed by atoms with Crippen LogP contribution in [0.5, 0.6) is 0 Å². The van der Waals surface area contributed by atoms with Gasteiger partial charge in [-0.05, 0) is 122 Å². The number of carbonyl (C=O) groups excluding carboxylic acids is 1. The summed E-state index contributed by atoms with van der Waals surface area (Å²) in [5.41, 5.74) is -5.13. The van der Waals surface area contributed by atoms with E-state index in [1.807, 2.05) is 44.2 Å². The number of esters is 1. The lowest BCUT2D eigenvalue weighted by Gasteiger charge is -2.72. The summed E-state index contributed by atoms with van der Waals surface area (Å²) in [4.78, 5) is 14.2. The van der Waals surface area contributed by atoms with Gasteiger partial charge in [-0.15, -0.1) is 0 Å². The minimum atomic E-state index is -5.75. The van der Waals surface area contributed by atoms with Gasteiger partial charge in [-0.25, -0.2) is 0 Å². The second-order valence-corrected chi connectivity index (χ2v) is 18.4. The maximum absolute atomic E-state index is 14.2. The molecule has 1 aromatic rings. The molecule has 0 heterocycles. The normalized spacial score (nSPS) is 41.0. The third-order valence-electron chi connectivity index (χ3n) is 14.7. The van der Waals surface area contributed by atoms with Gasteiger partial charge in [0.1, 0.15) is 12.4 Å². The Morgan fingerprint density at radius 1 is 0.915 bits per heavy atom. The fourth-order valence-electron chi connectivity index (χ4n) is 12.3. The maximum atomic E-state index is 14.2. The van der Waals surface area contributed by atoms with E-state index in [0.717, 1.165) is 62.5 Å². The molecule has 4 fully saturated rings. The van der Waals surface area contributed by atoms with E-state index in [1.165, 1.54) is 0 Å². The second-order valence-electron chi connectivity index (χ2n) is 16.9. The van der Waals surface area contributed by atoms with Gasteiger partial charge in [-0.1, -0.05) is 77.1 Å². The Morgan fingerprint density at radius 3 is 2.23 bits per heavy atom. The van der Waals surface area contributed by atoms with E-state index < -0.39 is 26.5 Å². The molecule has 0 aliphatic heterocycles. The number of benzene rings is 1. The third-order valence-corrected chi connectivity index (χ3v) is 15.6. The molecule has 9 heteroatoms. The number of rotatable bonds is 6. The van der Waals surface area contributed by atoms with Crippen molar-refractivity contribution in [3.05, 3.63) is 59.9 Å². The van der Waals surface area contributed by atoms with Crippen LogP contribution < -0.4 is 0 Å². The van der Waals surface area contributed by atoms with Crippen LogP contribution in [0.1, 0.15) is 105 Å². The van der Waals surface area contributed by atoms with Crippen molar-refractivity contribution in [2.75, 3.05) is 0 Å². The highest BCUT2D eigenvalue weighted by Crippen LogP contribution is 2.77. The van der Waals surface area contributed by atoms with Crippen molar-refractivity contribution in [1.29, 1.82) is 0 Å². The smallest absolute Gasteiger partial charge is 0.460 e. The van der Waals surface area contributed by atoms with Crippen molar-refractivity contribution in [3.63, 3.8) is 0 Å². The highest BCUT2D eigenvalue weighted by molar-refractivity contribution is 7.87. The van der Waals surface area contributed by atoms with Crippen LogP contribution in [-0.2, 0) is 30.4 Å². The zero-order valence-electron chi connectivity index (χ0n) is 28.7. The molecule has 9 atom stereocenters. The van der Waals surface area contributed by atoms with Gasteiger partial charge in [0, 0.05) is 5.41 Å². The van der Waals surface area contributed by atoms with Crippen molar-refractivity contribution in [3.8, 4) is 0 Å². The number of alkyl halides is 3. The average molecular weight is 677 g/mol. The van der Waals surface area contributed by atoms with Crippen molar-refractivity contribution in [2.24, 2.45) is 56.7 Å². The molecule has 0 aromatic heterocycles. The standard InChI is InChI=1S/C38H51F3O5S/c1-24(2)26-15-20-37(32(42)45-23-25-11-9-8-10-12-25)22-21-35(6)27(31(26)37)13-14-29-34(5)18-17-30(46-47(43,44)38(39,40)41)33(3,4)28(34)16-19-36(29,35)7/h8-12,17,26-29,31H,1,13-16,18-23H2,2-7H3/t26-,27+,28?,29+,31+,34-,35+,36+,37-/m0/s1. The molecule has 5 aliphatic carbocycles. The van der Waals surface area contributed by atoms with Crippen LogP contribution in [0.15, 0.2) is 54.3 Å². The van der Waals surface area contributed by atoms with Crippen molar-refractivity contribution in [2.45, 2.75) is 111 Å². The molecule has 0 spiro atoms. The fraction of sp³-hybridized carbons (Fsp3) is 0.711. The number of hydrogen-bond donors (Lipinski definition) is 0. The Bertz CT molecular complexity index is 1570. The summed E-state index contributed by atoms with van der Waals surface area (Å²) in [6.45, 7) is 17.6. The van der Waals surface area contributed by atoms with E-state index in [1.54, 1.807) is 6.08 Å². The lowest BCUT2D eigenvalue weighted by Crippen LogP contribution is -2.66. The van der Waals surface area contributed by atoms with Gasteiger partial charge in [0.15, 0.2) is 0 Å². The number of carbonyl (C=O) groups is 1. The summed E-state index contributed by atoms with van der Waals surface area (Å²) in [5, 5.41) is 0. The fourth-order valence-corrected chi connectivity index (χ4v) is 12.9. The summed E-state index contributed by atoms with van der Waals surface area (Å²) in [7, 11) is -5.75. The molecule has 0 bridgehead atoms. The molecule has 5 nitrogen and oxygen atoms in total. The Balaban J connectivity index is 1.32. The molecule has 4 saturated carbocycles. The molecule has 5 aliphatic rings. The summed E-state index contributed by atoms with van der Waals surface area (Å²) in [6.07, 6.45) is 9.14. The second kappa shape index (κ2) is 11.1. The molecule has 0 saturated heterocycles. The summed E-state index contributed by atoms with van der Waals surface area (Å²) < 4.78 is 75.0. The monoisotopic (exact) mass is 676 g/mol. The molecule has 0 radical (unpaired) electrons. The number of allylic oxidation sites excluding steroid dienone is 3. The Hall–Kier alpha value is -2.29. The first-order valence-corrected chi connectivity index (χ1v) is 18.7. The van der Waals surface area contributed by atoms with Crippen LogP contribution in [-0.4, -0.2) is 19.9 Å². The van der Waals surface area contributed by atoms with Crippen LogP contribution in [0.4, 0.5) is 13.2 Å². The Labute approximate surface area is 278 Å². The molecule has 260 valence electrons. The van der Waals surface area contributed by atoms with Crippen LogP contribution in [0, 0.1) is 56.7 Å². The molecule has 47 heavy (non-hydrogen) atoms. The molecule has 0 N–H and O–H groups in total. The van der Waals surface area contributed by atoms with Crippen LogP contribution in [0.25, 0.3) is 0 Å². The van der Waals surface area contributed by atoms with Gasteiger partial charge >= 0.3 is 21.6 Å². The minimum absolute atomic E-state index is 0.0399. The van der Waals surface area contributed by atoms with Crippen molar-refractivity contribution in [1.82, 2.24) is 0 Å². The van der Waals surface area contributed by atoms with E-state index in [-0.39, 0.29) is 58.3 Å². The zero-order valence-corrected chi connectivity index (χ0v) is 29.5. The number of fused-ring (bicyclic) bond motifs is 7. The van der Waals surface area contributed by atoms with Crippen molar-refractivity contribution < 1.29 is 35.3 Å². The lowest BCUT2D eigenvalue weighted by atomic mass is 9.32. The van der Waals surface area contributed by atoms with Gasteiger partial charge in [0.25, 0.3) is 0 Å². The van der Waals surface area contributed by atoms with Crippen LogP contribution in [0.2, 0.25) is 0 Å². The molecule has 0 amide bonds. The van der Waals surface area contributed by atoms with Gasteiger partial charge in [-0.2, -0.15) is 21.6 Å². The topological polar surface area (TPSA) is 69.7 Å². The highest BCUT2D eigenvalue weighted by Gasteiger charge is 2.72. The first-order valence-electron chi connectivity index (χ1n) is 17.3. The number of hydrogen-bond acceptors (Lipinski definition) is 5. The number of halogens is 3. The number of ether oxygens (including phenoxy) is 1. The van der Waals surface area contributed by atoms with E-state index in [0.29, 0.717) is 12.3 Å². The first-order chi connectivity index (χ1) is 21.7.